The van der Waals surface area contributed by atoms with Crippen molar-refractivity contribution in [2.75, 3.05) is 50.8 Å². The zero-order valence-electron chi connectivity index (χ0n) is 22.7. The maximum Gasteiger partial charge on any atom is 0.253 e. The predicted molar refractivity (Wildman–Crippen MR) is 151 cm³/mol. The van der Waals surface area contributed by atoms with Crippen LogP contribution in [-0.2, 0) is 13.0 Å². The van der Waals surface area contributed by atoms with Crippen LogP contribution in [-0.4, -0.2) is 66.6 Å². The summed E-state index contributed by atoms with van der Waals surface area (Å²) in [5, 5.41) is 0. The monoisotopic (exact) mass is 500 g/mol. The van der Waals surface area contributed by atoms with Gasteiger partial charge in [0, 0.05) is 68.8 Å². The number of aryl methyl sites for hydroxylation is 1. The third kappa shape index (κ3) is 6.50. The Bertz CT molecular complexity index is 1170. The van der Waals surface area contributed by atoms with Crippen LogP contribution >= 0.6 is 0 Å². The number of carbonyl (C=O) groups is 1. The molecule has 6 heteroatoms. The van der Waals surface area contributed by atoms with Gasteiger partial charge in [0.2, 0.25) is 0 Å². The molecule has 0 atom stereocenters. The van der Waals surface area contributed by atoms with E-state index in [1.165, 1.54) is 22.4 Å². The molecule has 4 rings (SSSR count). The smallest absolute Gasteiger partial charge is 0.253 e. The topological polar surface area (TPSA) is 48.9 Å². The molecular formula is C31H40N4O2. The molecule has 0 spiro atoms. The number of ether oxygens (including phenoxy) is 1. The Morgan fingerprint density at radius 1 is 0.865 bits per heavy atom. The van der Waals surface area contributed by atoms with Gasteiger partial charge in [0.25, 0.3) is 5.91 Å². The summed E-state index contributed by atoms with van der Waals surface area (Å²) in [7, 11) is 0. The number of nitrogens with zero attached hydrogens (tertiary/aromatic N) is 4. The fraction of sp³-hybridized carbons (Fsp3) is 0.419. The highest BCUT2D eigenvalue weighted by Gasteiger charge is 2.19. The maximum atomic E-state index is 12.6. The van der Waals surface area contributed by atoms with Crippen LogP contribution in [0.1, 0.15) is 49.2 Å². The van der Waals surface area contributed by atoms with Crippen molar-refractivity contribution < 1.29 is 9.53 Å². The molecule has 1 aromatic heterocycles. The number of anilines is 1. The largest absolute Gasteiger partial charge is 0.492 e. The summed E-state index contributed by atoms with van der Waals surface area (Å²) in [6.07, 6.45) is 4.67. The summed E-state index contributed by atoms with van der Waals surface area (Å²) in [5.74, 6) is 0.919. The van der Waals surface area contributed by atoms with Gasteiger partial charge in [-0.1, -0.05) is 25.1 Å². The number of hydrogen-bond acceptors (Lipinski definition) is 5. The van der Waals surface area contributed by atoms with Crippen molar-refractivity contribution >= 4 is 11.6 Å². The summed E-state index contributed by atoms with van der Waals surface area (Å²) in [5.41, 5.74) is 7.01. The summed E-state index contributed by atoms with van der Waals surface area (Å²) in [6, 6.07) is 17.0. The van der Waals surface area contributed by atoms with Crippen LogP contribution in [0.25, 0.3) is 11.1 Å². The van der Waals surface area contributed by atoms with E-state index in [0.29, 0.717) is 6.61 Å². The van der Waals surface area contributed by atoms with Crippen LogP contribution in [0.4, 0.5) is 5.69 Å². The molecule has 3 aromatic rings. The second-order valence-corrected chi connectivity index (χ2v) is 9.47. The van der Waals surface area contributed by atoms with E-state index in [9.17, 15) is 4.79 Å². The first-order valence-corrected chi connectivity index (χ1v) is 13.6. The molecule has 0 unspecified atom stereocenters. The number of piperazine rings is 1. The highest BCUT2D eigenvalue weighted by Crippen LogP contribution is 2.27. The lowest BCUT2D eigenvalue weighted by Crippen LogP contribution is -2.46. The van der Waals surface area contributed by atoms with Crippen molar-refractivity contribution in [3.63, 3.8) is 0 Å². The lowest BCUT2D eigenvalue weighted by atomic mass is 9.98. The SMILES string of the molecule is CCOc1cncc(-c2ccc(CN3CCN(c4ccc(C(=O)N(CC)CC)cc4)CC3)c(CC)c2)c1. The molecule has 0 bridgehead atoms. The molecule has 0 aliphatic carbocycles. The molecular weight excluding hydrogens is 460 g/mol. The van der Waals surface area contributed by atoms with E-state index >= 15 is 0 Å². The van der Waals surface area contributed by atoms with E-state index in [2.05, 4.69) is 58.1 Å². The van der Waals surface area contributed by atoms with Gasteiger partial charge in [-0.15, -0.1) is 0 Å². The van der Waals surface area contributed by atoms with Crippen LogP contribution < -0.4 is 9.64 Å². The maximum absolute atomic E-state index is 12.6. The highest BCUT2D eigenvalue weighted by molar-refractivity contribution is 5.94. The molecule has 2 heterocycles. The third-order valence-corrected chi connectivity index (χ3v) is 7.24. The Kier molecular flexibility index (Phi) is 9.18. The lowest BCUT2D eigenvalue weighted by molar-refractivity contribution is 0.0773. The lowest BCUT2D eigenvalue weighted by Gasteiger charge is -2.36. The van der Waals surface area contributed by atoms with Crippen molar-refractivity contribution in [3.8, 4) is 16.9 Å². The second-order valence-electron chi connectivity index (χ2n) is 9.47. The van der Waals surface area contributed by atoms with Crippen molar-refractivity contribution in [2.24, 2.45) is 0 Å². The van der Waals surface area contributed by atoms with Crippen LogP contribution in [0.3, 0.4) is 0 Å². The number of hydrogen-bond donors (Lipinski definition) is 0. The molecule has 37 heavy (non-hydrogen) atoms. The van der Waals surface area contributed by atoms with E-state index in [4.69, 9.17) is 4.74 Å². The standard InChI is InChI=1S/C31H40N4O2/c1-5-24-19-26(28-20-30(37-8-4)22-32-21-28)9-10-27(24)23-33-15-17-35(18-16-33)29-13-11-25(12-14-29)31(36)34(6-2)7-3/h9-14,19-22H,5-8,15-18,23H2,1-4H3. The van der Waals surface area contributed by atoms with E-state index < -0.39 is 0 Å². The van der Waals surface area contributed by atoms with Crippen molar-refractivity contribution in [1.82, 2.24) is 14.8 Å². The Morgan fingerprint density at radius 2 is 1.59 bits per heavy atom. The number of benzene rings is 2. The van der Waals surface area contributed by atoms with E-state index in [-0.39, 0.29) is 5.91 Å². The molecule has 1 aliphatic heterocycles. The average Bonchev–Trinajstić information content (AvgIpc) is 2.95. The average molecular weight is 501 g/mol. The number of carbonyl (C=O) groups excluding carboxylic acids is 1. The highest BCUT2D eigenvalue weighted by atomic mass is 16.5. The Hall–Kier alpha value is -3.38. The predicted octanol–water partition coefficient (Wildman–Crippen LogP) is 5.51. The van der Waals surface area contributed by atoms with Gasteiger partial charge in [-0.25, -0.2) is 0 Å². The van der Waals surface area contributed by atoms with Crippen molar-refractivity contribution in [1.29, 1.82) is 0 Å². The van der Waals surface area contributed by atoms with Crippen molar-refractivity contribution in [3.05, 3.63) is 77.6 Å². The molecule has 0 saturated carbocycles. The zero-order valence-corrected chi connectivity index (χ0v) is 22.7. The van der Waals surface area contributed by atoms with Crippen molar-refractivity contribution in [2.45, 2.75) is 40.7 Å². The summed E-state index contributed by atoms with van der Waals surface area (Å²) < 4.78 is 5.63. The molecule has 1 aliphatic rings. The fourth-order valence-electron chi connectivity index (χ4n) is 5.02. The number of aromatic nitrogens is 1. The summed E-state index contributed by atoms with van der Waals surface area (Å²) >= 11 is 0. The first kappa shape index (κ1) is 26.7. The molecule has 0 N–H and O–H groups in total. The first-order chi connectivity index (χ1) is 18.1. The second kappa shape index (κ2) is 12.7. The normalized spacial score (nSPS) is 14.0. The molecule has 196 valence electrons. The van der Waals surface area contributed by atoms with Gasteiger partial charge in [-0.3, -0.25) is 14.7 Å². The molecule has 1 amide bonds. The number of amides is 1. The van der Waals surface area contributed by atoms with Gasteiger partial charge >= 0.3 is 0 Å². The Morgan fingerprint density at radius 3 is 2.24 bits per heavy atom. The minimum absolute atomic E-state index is 0.109. The molecule has 0 radical (unpaired) electrons. The van der Waals surface area contributed by atoms with Gasteiger partial charge in [-0.05, 0) is 74.2 Å². The van der Waals surface area contributed by atoms with Crippen LogP contribution in [0.5, 0.6) is 5.75 Å². The minimum Gasteiger partial charge on any atom is -0.492 e. The molecule has 2 aromatic carbocycles. The quantitative estimate of drug-likeness (QED) is 0.367. The van der Waals surface area contributed by atoms with E-state index in [0.717, 1.165) is 69.1 Å². The first-order valence-electron chi connectivity index (χ1n) is 13.6. The number of pyridine rings is 1. The van der Waals surface area contributed by atoms with E-state index in [1.807, 2.05) is 44.0 Å². The zero-order chi connectivity index (χ0) is 26.2. The van der Waals surface area contributed by atoms with Gasteiger partial charge in [0.1, 0.15) is 5.75 Å². The summed E-state index contributed by atoms with van der Waals surface area (Å²) in [4.78, 5) is 23.8. The van der Waals surface area contributed by atoms with Gasteiger partial charge in [0.15, 0.2) is 0 Å². The van der Waals surface area contributed by atoms with Gasteiger partial charge < -0.3 is 14.5 Å². The Balaban J connectivity index is 1.36. The van der Waals surface area contributed by atoms with Gasteiger partial charge in [0.05, 0.1) is 12.8 Å². The van der Waals surface area contributed by atoms with Crippen LogP contribution in [0.2, 0.25) is 0 Å². The van der Waals surface area contributed by atoms with E-state index in [1.54, 1.807) is 6.20 Å². The number of rotatable bonds is 10. The molecule has 1 fully saturated rings. The molecule has 6 nitrogen and oxygen atoms in total. The fourth-order valence-corrected chi connectivity index (χ4v) is 5.02. The molecule has 1 saturated heterocycles. The minimum atomic E-state index is 0.109. The van der Waals surface area contributed by atoms with Crippen LogP contribution in [0, 0.1) is 0 Å². The van der Waals surface area contributed by atoms with Gasteiger partial charge in [-0.2, -0.15) is 0 Å². The third-order valence-electron chi connectivity index (χ3n) is 7.24. The Labute approximate surface area is 221 Å². The van der Waals surface area contributed by atoms with Crippen LogP contribution in [0.15, 0.2) is 60.9 Å². The summed E-state index contributed by atoms with van der Waals surface area (Å²) in [6.45, 7) is 15.3.